The zero-order chi connectivity index (χ0) is 11.3. The molecule has 0 radical (unpaired) electrons. The van der Waals surface area contributed by atoms with Crippen molar-refractivity contribution in [1.29, 1.82) is 0 Å². The molecule has 1 aliphatic heterocycles. The van der Waals surface area contributed by atoms with E-state index in [0.717, 1.165) is 12.8 Å². The predicted molar refractivity (Wildman–Crippen MR) is 56.2 cm³/mol. The summed E-state index contributed by atoms with van der Waals surface area (Å²) in [6.45, 7) is 6.40. The van der Waals surface area contributed by atoms with Crippen LogP contribution in [-0.4, -0.2) is 36.0 Å². The molecule has 84 valence electrons. The summed E-state index contributed by atoms with van der Waals surface area (Å²) in [6, 6.07) is -0.401. The van der Waals surface area contributed by atoms with Crippen LogP contribution < -0.4 is 0 Å². The molecular formula is C11H17NO3. The van der Waals surface area contributed by atoms with Gasteiger partial charge in [-0.1, -0.05) is 13.5 Å². The Hall–Kier alpha value is -1.32. The summed E-state index contributed by atoms with van der Waals surface area (Å²) in [4.78, 5) is 24.5. The Bertz CT molecular complexity index is 263. The van der Waals surface area contributed by atoms with Gasteiger partial charge < -0.3 is 9.64 Å². The van der Waals surface area contributed by atoms with Gasteiger partial charge in [-0.3, -0.25) is 4.79 Å². The SMILES string of the molecule is C=CC(=O)N1CCCC1C(=O)OCCC. The van der Waals surface area contributed by atoms with Crippen molar-refractivity contribution in [3.8, 4) is 0 Å². The molecule has 1 amide bonds. The molecule has 0 bridgehead atoms. The molecule has 0 N–H and O–H groups in total. The van der Waals surface area contributed by atoms with E-state index in [0.29, 0.717) is 19.6 Å². The maximum atomic E-state index is 11.6. The normalized spacial score (nSPS) is 20.1. The standard InChI is InChI=1S/C11H17NO3/c1-3-8-15-11(14)9-6-5-7-12(9)10(13)4-2/h4,9H,2-3,5-8H2,1H3. The Morgan fingerprint density at radius 1 is 1.60 bits per heavy atom. The number of hydrogen-bond acceptors (Lipinski definition) is 3. The smallest absolute Gasteiger partial charge is 0.328 e. The number of nitrogens with zero attached hydrogens (tertiary/aromatic N) is 1. The summed E-state index contributed by atoms with van der Waals surface area (Å²) in [5, 5.41) is 0. The Morgan fingerprint density at radius 2 is 2.33 bits per heavy atom. The molecule has 1 aliphatic rings. The fourth-order valence-electron chi connectivity index (χ4n) is 1.69. The van der Waals surface area contributed by atoms with Gasteiger partial charge in [0.15, 0.2) is 0 Å². The molecule has 0 spiro atoms. The third-order valence-corrected chi connectivity index (χ3v) is 2.43. The van der Waals surface area contributed by atoms with E-state index in [1.165, 1.54) is 11.0 Å². The summed E-state index contributed by atoms with van der Waals surface area (Å²) in [5.74, 6) is -0.476. The highest BCUT2D eigenvalue weighted by atomic mass is 16.5. The van der Waals surface area contributed by atoms with Crippen LogP contribution in [0.1, 0.15) is 26.2 Å². The monoisotopic (exact) mass is 211 g/mol. The van der Waals surface area contributed by atoms with Gasteiger partial charge in [-0.15, -0.1) is 0 Å². The zero-order valence-corrected chi connectivity index (χ0v) is 9.07. The van der Waals surface area contributed by atoms with Crippen molar-refractivity contribution in [3.05, 3.63) is 12.7 Å². The molecular weight excluding hydrogens is 194 g/mol. The van der Waals surface area contributed by atoms with Crippen LogP contribution in [0.3, 0.4) is 0 Å². The minimum absolute atomic E-state index is 0.189. The highest BCUT2D eigenvalue weighted by molar-refractivity contribution is 5.91. The van der Waals surface area contributed by atoms with Crippen LogP contribution in [0.5, 0.6) is 0 Å². The van der Waals surface area contributed by atoms with Gasteiger partial charge in [-0.05, 0) is 25.3 Å². The number of hydrogen-bond donors (Lipinski definition) is 0. The number of carbonyl (C=O) groups excluding carboxylic acids is 2. The molecule has 0 aromatic heterocycles. The first kappa shape index (κ1) is 11.8. The largest absolute Gasteiger partial charge is 0.464 e. The molecule has 4 nitrogen and oxygen atoms in total. The second kappa shape index (κ2) is 5.53. The van der Waals surface area contributed by atoms with Gasteiger partial charge in [-0.2, -0.15) is 0 Å². The van der Waals surface area contributed by atoms with Crippen molar-refractivity contribution in [1.82, 2.24) is 4.90 Å². The Kier molecular flexibility index (Phi) is 4.34. The molecule has 15 heavy (non-hydrogen) atoms. The summed E-state index contributed by atoms with van der Waals surface area (Å²) in [5.41, 5.74) is 0. The van der Waals surface area contributed by atoms with Crippen LogP contribution in [-0.2, 0) is 14.3 Å². The molecule has 1 rings (SSSR count). The first-order valence-corrected chi connectivity index (χ1v) is 5.30. The molecule has 0 aliphatic carbocycles. The summed E-state index contributed by atoms with van der Waals surface area (Å²) in [7, 11) is 0. The minimum Gasteiger partial charge on any atom is -0.464 e. The first-order valence-electron chi connectivity index (χ1n) is 5.30. The van der Waals surface area contributed by atoms with E-state index in [1.54, 1.807) is 0 Å². The summed E-state index contributed by atoms with van der Waals surface area (Å²) < 4.78 is 5.03. The second-order valence-corrected chi connectivity index (χ2v) is 3.56. The van der Waals surface area contributed by atoms with E-state index in [9.17, 15) is 9.59 Å². The highest BCUT2D eigenvalue weighted by Gasteiger charge is 2.33. The van der Waals surface area contributed by atoms with Crippen molar-refractivity contribution < 1.29 is 14.3 Å². The Balaban J connectivity index is 2.55. The van der Waals surface area contributed by atoms with E-state index in [2.05, 4.69) is 6.58 Å². The molecule has 1 unspecified atom stereocenters. The topological polar surface area (TPSA) is 46.6 Å². The lowest BCUT2D eigenvalue weighted by atomic mass is 10.2. The second-order valence-electron chi connectivity index (χ2n) is 3.56. The number of esters is 1. The van der Waals surface area contributed by atoms with Crippen molar-refractivity contribution >= 4 is 11.9 Å². The van der Waals surface area contributed by atoms with Gasteiger partial charge in [0.1, 0.15) is 6.04 Å². The van der Waals surface area contributed by atoms with Crippen molar-refractivity contribution in [2.24, 2.45) is 0 Å². The lowest BCUT2D eigenvalue weighted by molar-refractivity contribution is -0.152. The molecule has 0 aromatic rings. The van der Waals surface area contributed by atoms with Crippen LogP contribution in [0, 0.1) is 0 Å². The van der Waals surface area contributed by atoms with Gasteiger partial charge in [0.05, 0.1) is 6.61 Å². The average molecular weight is 211 g/mol. The molecule has 0 aromatic carbocycles. The average Bonchev–Trinajstić information content (AvgIpc) is 2.73. The Labute approximate surface area is 89.9 Å². The van der Waals surface area contributed by atoms with Gasteiger partial charge in [0, 0.05) is 6.54 Å². The third-order valence-electron chi connectivity index (χ3n) is 2.43. The van der Waals surface area contributed by atoms with Crippen molar-refractivity contribution in [3.63, 3.8) is 0 Å². The molecule has 1 heterocycles. The molecule has 4 heteroatoms. The van der Waals surface area contributed by atoms with Crippen LogP contribution in [0.4, 0.5) is 0 Å². The van der Waals surface area contributed by atoms with E-state index in [-0.39, 0.29) is 11.9 Å². The number of amides is 1. The number of likely N-dealkylation sites (tertiary alicyclic amines) is 1. The van der Waals surface area contributed by atoms with Crippen molar-refractivity contribution in [2.75, 3.05) is 13.2 Å². The minimum atomic E-state index is -0.401. The van der Waals surface area contributed by atoms with Crippen molar-refractivity contribution in [2.45, 2.75) is 32.2 Å². The molecule has 1 saturated heterocycles. The highest BCUT2D eigenvalue weighted by Crippen LogP contribution is 2.18. The van der Waals surface area contributed by atoms with E-state index < -0.39 is 6.04 Å². The summed E-state index contributed by atoms with van der Waals surface area (Å²) in [6.07, 6.45) is 3.59. The zero-order valence-electron chi connectivity index (χ0n) is 9.07. The van der Waals surface area contributed by atoms with E-state index in [4.69, 9.17) is 4.74 Å². The number of carbonyl (C=O) groups is 2. The quantitative estimate of drug-likeness (QED) is 0.517. The maximum absolute atomic E-state index is 11.6. The van der Waals surface area contributed by atoms with Crippen LogP contribution in [0.2, 0.25) is 0 Å². The first-order chi connectivity index (χ1) is 7.20. The molecule has 1 fully saturated rings. The fraction of sp³-hybridized carbons (Fsp3) is 0.636. The van der Waals surface area contributed by atoms with Crippen LogP contribution >= 0.6 is 0 Å². The van der Waals surface area contributed by atoms with Crippen LogP contribution in [0.25, 0.3) is 0 Å². The number of rotatable bonds is 4. The Morgan fingerprint density at radius 3 is 2.93 bits per heavy atom. The number of ether oxygens (including phenoxy) is 1. The van der Waals surface area contributed by atoms with Gasteiger partial charge in [0.2, 0.25) is 5.91 Å². The predicted octanol–water partition coefficient (Wildman–Crippen LogP) is 1.12. The lowest BCUT2D eigenvalue weighted by Crippen LogP contribution is -2.40. The maximum Gasteiger partial charge on any atom is 0.328 e. The lowest BCUT2D eigenvalue weighted by Gasteiger charge is -2.21. The van der Waals surface area contributed by atoms with E-state index in [1.807, 2.05) is 6.92 Å². The van der Waals surface area contributed by atoms with Gasteiger partial charge in [0.25, 0.3) is 0 Å². The van der Waals surface area contributed by atoms with Gasteiger partial charge in [-0.25, -0.2) is 4.79 Å². The van der Waals surface area contributed by atoms with E-state index >= 15 is 0 Å². The molecule has 0 saturated carbocycles. The third kappa shape index (κ3) is 2.81. The van der Waals surface area contributed by atoms with Crippen LogP contribution in [0.15, 0.2) is 12.7 Å². The summed E-state index contributed by atoms with van der Waals surface area (Å²) >= 11 is 0. The molecule has 1 atom stereocenters. The van der Waals surface area contributed by atoms with Gasteiger partial charge >= 0.3 is 5.97 Å². The fourth-order valence-corrected chi connectivity index (χ4v) is 1.69.